The van der Waals surface area contributed by atoms with Crippen molar-refractivity contribution >= 4 is 39.9 Å². The van der Waals surface area contributed by atoms with Crippen molar-refractivity contribution in [3.05, 3.63) is 80.2 Å². The number of para-hydroxylation sites is 1. The van der Waals surface area contributed by atoms with Crippen molar-refractivity contribution < 1.29 is 18.6 Å². The average molecular weight is 466 g/mol. The number of hydrogen-bond acceptors (Lipinski definition) is 5. The van der Waals surface area contributed by atoms with Gasteiger partial charge in [0.25, 0.3) is 5.69 Å². The van der Waals surface area contributed by atoms with Crippen molar-refractivity contribution in [3.63, 3.8) is 0 Å². The van der Waals surface area contributed by atoms with Crippen LogP contribution in [0.3, 0.4) is 0 Å². The van der Waals surface area contributed by atoms with Gasteiger partial charge in [-0.15, -0.1) is 23.2 Å². The van der Waals surface area contributed by atoms with Gasteiger partial charge in [0.2, 0.25) is 0 Å². The van der Waals surface area contributed by atoms with Crippen molar-refractivity contribution in [1.29, 1.82) is 0 Å². The third-order valence-corrected chi connectivity index (χ3v) is 5.55. The van der Waals surface area contributed by atoms with E-state index in [1.165, 1.54) is 12.1 Å². The molecule has 7 nitrogen and oxygen atoms in total. The Hall–Kier alpha value is -2.61. The highest BCUT2D eigenvalue weighted by molar-refractivity contribution is 6.18. The fourth-order valence-electron chi connectivity index (χ4n) is 3.48. The van der Waals surface area contributed by atoms with Gasteiger partial charge in [0.1, 0.15) is 18.9 Å². The maximum Gasteiger partial charge on any atom is 0.336 e. The second-order valence-corrected chi connectivity index (χ2v) is 8.25. The average Bonchev–Trinajstić information content (AvgIpc) is 2.73. The molecule has 0 saturated heterocycles. The smallest absolute Gasteiger partial charge is 0.336 e. The zero-order valence-corrected chi connectivity index (χ0v) is 18.6. The van der Waals surface area contributed by atoms with Crippen LogP contribution >= 0.6 is 23.2 Å². The summed E-state index contributed by atoms with van der Waals surface area (Å²) in [6, 6.07) is 13.1. The number of rotatable bonds is 10. The van der Waals surface area contributed by atoms with Crippen molar-refractivity contribution in [1.82, 2.24) is 0 Å². The van der Waals surface area contributed by atoms with Gasteiger partial charge < -0.3 is 13.6 Å². The Morgan fingerprint density at radius 3 is 2.42 bits per heavy atom. The zero-order valence-electron chi connectivity index (χ0n) is 17.1. The van der Waals surface area contributed by atoms with Crippen LogP contribution in [0.2, 0.25) is 0 Å². The number of benzene rings is 2. The Kier molecular flexibility index (Phi) is 7.54. The lowest BCUT2D eigenvalue weighted by atomic mass is 10.1. The van der Waals surface area contributed by atoms with Gasteiger partial charge in [-0.05, 0) is 24.3 Å². The molecule has 31 heavy (non-hydrogen) atoms. The molecule has 0 bridgehead atoms. The van der Waals surface area contributed by atoms with E-state index in [-0.39, 0.29) is 12.3 Å². The largest absolute Gasteiger partial charge is 0.488 e. The molecular weight excluding hydrogens is 443 g/mol. The van der Waals surface area contributed by atoms with E-state index in [4.69, 9.17) is 32.4 Å². The molecule has 9 heteroatoms. The van der Waals surface area contributed by atoms with Crippen molar-refractivity contribution in [2.45, 2.75) is 13.2 Å². The van der Waals surface area contributed by atoms with E-state index in [0.717, 1.165) is 5.39 Å². The molecule has 0 amide bonds. The lowest BCUT2D eigenvalue weighted by Gasteiger charge is -2.34. The van der Waals surface area contributed by atoms with E-state index in [1.807, 2.05) is 7.05 Å². The van der Waals surface area contributed by atoms with E-state index < -0.39 is 10.5 Å². The van der Waals surface area contributed by atoms with Crippen LogP contribution in [0.25, 0.3) is 11.0 Å². The topological polar surface area (TPSA) is 82.6 Å². The standard InChI is InChI=1S/C22H23Cl2N2O5/c1-26(12-10-23,13-11-24)14-18-20(8-6-16-7-9-21(27)31-22(16)18)30-15-17-4-2-3-5-19(17)25(28)29/h2-9H,10-15H2,1H3/q+1. The first-order chi connectivity index (χ1) is 14.9. The second kappa shape index (κ2) is 10.1. The Labute approximate surface area is 189 Å². The lowest BCUT2D eigenvalue weighted by Crippen LogP contribution is -2.46. The van der Waals surface area contributed by atoms with Crippen LogP contribution in [0.4, 0.5) is 5.69 Å². The van der Waals surface area contributed by atoms with Gasteiger partial charge in [-0.25, -0.2) is 4.79 Å². The van der Waals surface area contributed by atoms with Crippen LogP contribution in [0.15, 0.2) is 57.7 Å². The molecule has 1 heterocycles. The summed E-state index contributed by atoms with van der Waals surface area (Å²) in [4.78, 5) is 22.8. The van der Waals surface area contributed by atoms with Gasteiger partial charge >= 0.3 is 5.63 Å². The van der Waals surface area contributed by atoms with Gasteiger partial charge in [-0.3, -0.25) is 10.1 Å². The SMILES string of the molecule is C[N+](CCCl)(CCCl)Cc1c(OCc2ccccc2[N+](=O)[O-])ccc2ccc(=O)oc12. The monoisotopic (exact) mass is 465 g/mol. The summed E-state index contributed by atoms with van der Waals surface area (Å²) in [5, 5.41) is 12.1. The molecule has 164 valence electrons. The summed E-state index contributed by atoms with van der Waals surface area (Å²) in [7, 11) is 2.02. The van der Waals surface area contributed by atoms with Crippen LogP contribution in [-0.2, 0) is 13.2 Å². The fraction of sp³-hybridized carbons (Fsp3) is 0.318. The highest BCUT2D eigenvalue weighted by Crippen LogP contribution is 2.32. The van der Waals surface area contributed by atoms with Crippen molar-refractivity contribution in [3.8, 4) is 5.75 Å². The summed E-state index contributed by atoms with van der Waals surface area (Å²) >= 11 is 12.1. The Bertz CT molecular complexity index is 1130. The van der Waals surface area contributed by atoms with Crippen LogP contribution in [0.5, 0.6) is 5.75 Å². The quantitative estimate of drug-likeness (QED) is 0.142. The minimum absolute atomic E-state index is 0.00144. The molecule has 0 N–H and O–H groups in total. The Morgan fingerprint density at radius 2 is 1.74 bits per heavy atom. The summed E-state index contributed by atoms with van der Waals surface area (Å²) in [6.07, 6.45) is 0. The van der Waals surface area contributed by atoms with Crippen molar-refractivity contribution in [2.24, 2.45) is 0 Å². The maximum absolute atomic E-state index is 11.9. The highest BCUT2D eigenvalue weighted by atomic mass is 35.5. The molecule has 0 saturated carbocycles. The predicted molar refractivity (Wildman–Crippen MR) is 121 cm³/mol. The fourth-order valence-corrected chi connectivity index (χ4v) is 4.30. The second-order valence-electron chi connectivity index (χ2n) is 7.49. The number of nitrogens with zero attached hydrogens (tertiary/aromatic N) is 2. The molecule has 0 aliphatic carbocycles. The van der Waals surface area contributed by atoms with Crippen molar-refractivity contribution in [2.75, 3.05) is 31.9 Å². The summed E-state index contributed by atoms with van der Waals surface area (Å²) < 4.78 is 12.1. The number of alkyl halides is 2. The highest BCUT2D eigenvalue weighted by Gasteiger charge is 2.26. The molecule has 1 aromatic heterocycles. The number of halogens is 2. The van der Waals surface area contributed by atoms with Crippen LogP contribution in [-0.4, -0.2) is 41.3 Å². The molecule has 0 spiro atoms. The number of nitro groups is 1. The normalized spacial score (nSPS) is 11.6. The number of nitro benzene ring substituents is 1. The molecule has 0 atom stereocenters. The van der Waals surface area contributed by atoms with E-state index in [9.17, 15) is 14.9 Å². The number of fused-ring (bicyclic) bond motifs is 1. The first-order valence-corrected chi connectivity index (χ1v) is 10.8. The van der Waals surface area contributed by atoms with Gasteiger partial charge in [-0.2, -0.15) is 0 Å². The molecule has 0 aliphatic rings. The third-order valence-electron chi connectivity index (χ3n) is 5.21. The van der Waals surface area contributed by atoms with E-state index in [1.54, 1.807) is 36.4 Å². The first kappa shape index (κ1) is 23.1. The van der Waals surface area contributed by atoms with E-state index in [0.29, 0.717) is 58.3 Å². The van der Waals surface area contributed by atoms with Gasteiger partial charge in [-0.1, -0.05) is 12.1 Å². The first-order valence-electron chi connectivity index (χ1n) is 9.73. The molecule has 0 radical (unpaired) electrons. The molecule has 3 rings (SSSR count). The number of hydrogen-bond donors (Lipinski definition) is 0. The summed E-state index contributed by atoms with van der Waals surface area (Å²) in [6.45, 7) is 1.79. The Balaban J connectivity index is 2.04. The third kappa shape index (κ3) is 5.55. The van der Waals surface area contributed by atoms with Crippen LogP contribution < -0.4 is 10.4 Å². The van der Waals surface area contributed by atoms with Crippen LogP contribution in [0.1, 0.15) is 11.1 Å². The molecule has 2 aromatic carbocycles. The minimum atomic E-state index is -0.464. The molecule has 0 fully saturated rings. The summed E-state index contributed by atoms with van der Waals surface area (Å²) in [5.41, 5.74) is 1.11. The number of quaternary nitrogens is 1. The molecule has 0 aliphatic heterocycles. The Morgan fingerprint density at radius 1 is 1.06 bits per heavy atom. The lowest BCUT2D eigenvalue weighted by molar-refractivity contribution is -0.918. The minimum Gasteiger partial charge on any atom is -0.488 e. The maximum atomic E-state index is 11.9. The molecular formula is C22H23Cl2N2O5+. The van der Waals surface area contributed by atoms with E-state index >= 15 is 0 Å². The molecule has 3 aromatic rings. The van der Waals surface area contributed by atoms with Crippen LogP contribution in [0, 0.1) is 10.1 Å². The summed E-state index contributed by atoms with van der Waals surface area (Å²) in [5.74, 6) is 1.37. The van der Waals surface area contributed by atoms with E-state index in [2.05, 4.69) is 0 Å². The number of ether oxygens (including phenoxy) is 1. The zero-order chi connectivity index (χ0) is 22.4. The van der Waals surface area contributed by atoms with Gasteiger partial charge in [0, 0.05) is 17.5 Å². The van der Waals surface area contributed by atoms with Gasteiger partial charge in [0.05, 0.1) is 47.9 Å². The predicted octanol–water partition coefficient (Wildman–Crippen LogP) is 4.70. The molecule has 0 unspecified atom stereocenters. The van der Waals surface area contributed by atoms with Gasteiger partial charge in [0.15, 0.2) is 5.58 Å².